The molecule has 0 fully saturated rings. The van der Waals surface area contributed by atoms with Gasteiger partial charge in [-0.05, 0) is 49.2 Å². The van der Waals surface area contributed by atoms with Gasteiger partial charge in [0.25, 0.3) is 0 Å². The van der Waals surface area contributed by atoms with Crippen molar-refractivity contribution in [1.82, 2.24) is 10.2 Å². The molecule has 0 aromatic heterocycles. The van der Waals surface area contributed by atoms with Crippen LogP contribution in [0.1, 0.15) is 32.3 Å². The van der Waals surface area contributed by atoms with Crippen molar-refractivity contribution in [2.75, 3.05) is 23.7 Å². The first-order valence-electron chi connectivity index (χ1n) is 10.8. The van der Waals surface area contributed by atoms with E-state index < -0.39 is 28.5 Å². The molecular weight excluding hydrogens is 556 g/mol. The number of anilines is 1. The summed E-state index contributed by atoms with van der Waals surface area (Å²) >= 11 is 24.6. The molecule has 0 aliphatic rings. The number of halogens is 4. The predicted octanol–water partition coefficient (Wildman–Crippen LogP) is 5.40. The minimum Gasteiger partial charge on any atom is -0.354 e. The van der Waals surface area contributed by atoms with E-state index in [0.29, 0.717) is 22.2 Å². The number of nitrogens with zero attached hydrogens (tertiary/aromatic N) is 2. The first-order chi connectivity index (χ1) is 16.3. The van der Waals surface area contributed by atoms with Crippen molar-refractivity contribution in [3.63, 3.8) is 0 Å². The fourth-order valence-electron chi connectivity index (χ4n) is 3.22. The van der Waals surface area contributed by atoms with Gasteiger partial charge in [0.1, 0.15) is 12.6 Å². The molecule has 0 saturated carbocycles. The maximum Gasteiger partial charge on any atom is 0.244 e. The van der Waals surface area contributed by atoms with Gasteiger partial charge in [0.05, 0.1) is 17.0 Å². The smallest absolute Gasteiger partial charge is 0.244 e. The average molecular weight is 583 g/mol. The molecule has 0 spiro atoms. The Labute approximate surface area is 226 Å². The second kappa shape index (κ2) is 13.0. The summed E-state index contributed by atoms with van der Waals surface area (Å²) in [4.78, 5) is 27.6. The summed E-state index contributed by atoms with van der Waals surface area (Å²) in [5.41, 5.74) is 0.601. The maximum absolute atomic E-state index is 13.5. The summed E-state index contributed by atoms with van der Waals surface area (Å²) in [6, 6.07) is 8.19. The van der Waals surface area contributed by atoms with E-state index in [1.54, 1.807) is 19.1 Å². The number of benzene rings is 2. The molecule has 12 heteroatoms. The standard InChI is InChI=1S/C23H27Cl4N3O4S/c1-4-5-10-28-23(32)15(2)29(13-16-6-7-17(24)11-20(16)27)22(31)14-30(35(3,33)34)21-12-18(25)8-9-19(21)26/h6-9,11-12,15H,4-5,10,13-14H2,1-3H3,(H,28,32)/t15-/m1/s1. The third-order valence-electron chi connectivity index (χ3n) is 5.21. The summed E-state index contributed by atoms with van der Waals surface area (Å²) in [5.74, 6) is -1.00. The molecule has 0 saturated heterocycles. The quantitative estimate of drug-likeness (QED) is 0.359. The molecule has 0 unspecified atom stereocenters. The third kappa shape index (κ3) is 8.43. The van der Waals surface area contributed by atoms with Crippen molar-refractivity contribution in [3.8, 4) is 0 Å². The molecule has 1 atom stereocenters. The molecule has 2 rings (SSSR count). The Bertz CT molecular complexity index is 1180. The molecule has 0 radical (unpaired) electrons. The third-order valence-corrected chi connectivity index (χ3v) is 7.48. The van der Waals surface area contributed by atoms with Gasteiger partial charge in [0.15, 0.2) is 0 Å². The highest BCUT2D eigenvalue weighted by atomic mass is 35.5. The Morgan fingerprint density at radius 3 is 2.23 bits per heavy atom. The maximum atomic E-state index is 13.5. The Morgan fingerprint density at radius 2 is 1.63 bits per heavy atom. The number of hydrogen-bond donors (Lipinski definition) is 1. The van der Waals surface area contributed by atoms with Crippen LogP contribution in [-0.4, -0.2) is 50.5 Å². The zero-order valence-electron chi connectivity index (χ0n) is 19.5. The van der Waals surface area contributed by atoms with Crippen LogP contribution in [0.15, 0.2) is 36.4 Å². The van der Waals surface area contributed by atoms with Crippen LogP contribution >= 0.6 is 46.4 Å². The van der Waals surface area contributed by atoms with E-state index in [9.17, 15) is 18.0 Å². The predicted molar refractivity (Wildman–Crippen MR) is 143 cm³/mol. The number of carbonyl (C=O) groups is 2. The van der Waals surface area contributed by atoms with Crippen molar-refractivity contribution in [2.45, 2.75) is 39.3 Å². The Hall–Kier alpha value is -1.71. The number of unbranched alkanes of at least 4 members (excludes halogenated alkanes) is 1. The van der Waals surface area contributed by atoms with Crippen LogP contribution in [0.25, 0.3) is 0 Å². The van der Waals surface area contributed by atoms with Gasteiger partial charge in [-0.1, -0.05) is 65.8 Å². The van der Waals surface area contributed by atoms with E-state index in [4.69, 9.17) is 46.4 Å². The molecule has 2 amide bonds. The lowest BCUT2D eigenvalue weighted by molar-refractivity contribution is -0.139. The molecule has 0 aliphatic heterocycles. The zero-order valence-corrected chi connectivity index (χ0v) is 23.4. The normalized spacial score (nSPS) is 12.2. The molecule has 0 heterocycles. The summed E-state index contributed by atoms with van der Waals surface area (Å²) in [6.45, 7) is 3.38. The van der Waals surface area contributed by atoms with Gasteiger partial charge in [-0.2, -0.15) is 0 Å². The molecule has 2 aromatic carbocycles. The minimum absolute atomic E-state index is 0.0436. The van der Waals surface area contributed by atoms with E-state index in [1.807, 2.05) is 6.92 Å². The number of carbonyl (C=O) groups excluding carboxylic acids is 2. The van der Waals surface area contributed by atoms with Gasteiger partial charge in [-0.3, -0.25) is 13.9 Å². The summed E-state index contributed by atoms with van der Waals surface area (Å²) in [7, 11) is -3.94. The molecule has 0 bridgehead atoms. The van der Waals surface area contributed by atoms with Crippen molar-refractivity contribution in [2.24, 2.45) is 0 Å². The van der Waals surface area contributed by atoms with Gasteiger partial charge in [0.2, 0.25) is 21.8 Å². The number of hydrogen-bond acceptors (Lipinski definition) is 4. The number of rotatable bonds is 11. The lowest BCUT2D eigenvalue weighted by Gasteiger charge is -2.32. The van der Waals surface area contributed by atoms with Crippen molar-refractivity contribution in [3.05, 3.63) is 62.1 Å². The van der Waals surface area contributed by atoms with E-state index in [-0.39, 0.29) is 28.2 Å². The highest BCUT2D eigenvalue weighted by molar-refractivity contribution is 7.92. The molecule has 7 nitrogen and oxygen atoms in total. The number of sulfonamides is 1. The SMILES string of the molecule is CCCCNC(=O)[C@@H](C)N(Cc1ccc(Cl)cc1Cl)C(=O)CN(c1cc(Cl)ccc1Cl)S(C)(=O)=O. The van der Waals surface area contributed by atoms with Crippen LogP contribution in [-0.2, 0) is 26.2 Å². The fourth-order valence-corrected chi connectivity index (χ4v) is 4.98. The van der Waals surface area contributed by atoms with E-state index in [2.05, 4.69) is 5.32 Å². The Balaban J connectivity index is 2.43. The van der Waals surface area contributed by atoms with E-state index in [1.165, 1.54) is 29.2 Å². The number of amides is 2. The summed E-state index contributed by atoms with van der Waals surface area (Å²) in [6.07, 6.45) is 2.63. The first-order valence-corrected chi connectivity index (χ1v) is 14.1. The second-order valence-corrected chi connectivity index (χ2v) is 11.5. The van der Waals surface area contributed by atoms with Crippen LogP contribution in [0.4, 0.5) is 5.69 Å². The molecule has 2 aromatic rings. The molecule has 192 valence electrons. The molecule has 1 N–H and O–H groups in total. The van der Waals surface area contributed by atoms with Crippen LogP contribution in [0, 0.1) is 0 Å². The van der Waals surface area contributed by atoms with Gasteiger partial charge in [-0.25, -0.2) is 8.42 Å². The number of nitrogens with one attached hydrogen (secondary N) is 1. The summed E-state index contributed by atoms with van der Waals surface area (Å²) in [5, 5.41) is 3.88. The monoisotopic (exact) mass is 581 g/mol. The van der Waals surface area contributed by atoms with Crippen LogP contribution < -0.4 is 9.62 Å². The van der Waals surface area contributed by atoms with Gasteiger partial charge in [0, 0.05) is 28.2 Å². The van der Waals surface area contributed by atoms with Gasteiger partial charge in [-0.15, -0.1) is 0 Å². The largest absolute Gasteiger partial charge is 0.354 e. The summed E-state index contributed by atoms with van der Waals surface area (Å²) < 4.78 is 26.1. The fraction of sp³-hybridized carbons (Fsp3) is 0.391. The topological polar surface area (TPSA) is 86.8 Å². The first kappa shape index (κ1) is 29.5. The average Bonchev–Trinajstić information content (AvgIpc) is 2.77. The highest BCUT2D eigenvalue weighted by Crippen LogP contribution is 2.31. The van der Waals surface area contributed by atoms with E-state index in [0.717, 1.165) is 23.4 Å². The zero-order chi connectivity index (χ0) is 26.3. The van der Waals surface area contributed by atoms with Crippen LogP contribution in [0.5, 0.6) is 0 Å². The Kier molecular flexibility index (Phi) is 11.0. The van der Waals surface area contributed by atoms with Crippen molar-refractivity contribution >= 4 is 73.9 Å². The molecule has 35 heavy (non-hydrogen) atoms. The van der Waals surface area contributed by atoms with Crippen LogP contribution in [0.3, 0.4) is 0 Å². The van der Waals surface area contributed by atoms with Gasteiger partial charge < -0.3 is 10.2 Å². The van der Waals surface area contributed by atoms with E-state index >= 15 is 0 Å². The highest BCUT2D eigenvalue weighted by Gasteiger charge is 2.31. The lowest BCUT2D eigenvalue weighted by atomic mass is 10.1. The Morgan fingerprint density at radius 1 is 1.00 bits per heavy atom. The second-order valence-electron chi connectivity index (χ2n) is 7.94. The minimum atomic E-state index is -3.94. The van der Waals surface area contributed by atoms with Gasteiger partial charge >= 0.3 is 0 Å². The lowest BCUT2D eigenvalue weighted by Crippen LogP contribution is -2.51. The van der Waals surface area contributed by atoms with Crippen molar-refractivity contribution in [1.29, 1.82) is 0 Å². The van der Waals surface area contributed by atoms with Crippen molar-refractivity contribution < 1.29 is 18.0 Å². The molecule has 0 aliphatic carbocycles. The molecular formula is C23H27Cl4N3O4S. The van der Waals surface area contributed by atoms with Crippen LogP contribution in [0.2, 0.25) is 20.1 Å².